The molecule has 2 rings (SSSR count). The van der Waals surface area contributed by atoms with E-state index in [0.717, 1.165) is 0 Å². The maximum atomic E-state index is 11.2. The lowest BCUT2D eigenvalue weighted by molar-refractivity contribution is 0.0701. The number of methoxy groups -OCH3 is 1. The summed E-state index contributed by atoms with van der Waals surface area (Å²) in [5.41, 5.74) is 7.65. The van der Waals surface area contributed by atoms with Crippen LogP contribution in [0, 0.1) is 0 Å². The first kappa shape index (κ1) is 11.9. The van der Waals surface area contributed by atoms with Gasteiger partial charge >= 0.3 is 0 Å². The molecule has 94 valence electrons. The highest BCUT2D eigenvalue weighted by Crippen LogP contribution is 2.18. The van der Waals surface area contributed by atoms with Crippen molar-refractivity contribution in [1.82, 2.24) is 20.5 Å². The van der Waals surface area contributed by atoms with Crippen LogP contribution in [0.4, 0.5) is 5.82 Å². The molecule has 18 heavy (non-hydrogen) atoms. The third-order valence-electron chi connectivity index (χ3n) is 2.34. The second-order valence-electron chi connectivity index (χ2n) is 3.37. The van der Waals surface area contributed by atoms with E-state index in [1.54, 1.807) is 31.4 Å². The van der Waals surface area contributed by atoms with E-state index in [9.17, 15) is 4.79 Å². The highest BCUT2D eigenvalue weighted by atomic mass is 16.5. The van der Waals surface area contributed by atoms with E-state index in [1.165, 1.54) is 10.2 Å². The van der Waals surface area contributed by atoms with Crippen LogP contribution in [0.5, 0.6) is 5.75 Å². The second-order valence-corrected chi connectivity index (χ2v) is 3.37. The molecule has 1 heterocycles. The third kappa shape index (κ3) is 1.96. The standard InChI is InChI=1S/C10H11N5O3/c1-18-7-4-2-6(3-5-7)15-9(11)8(12-14-15)10(16)13-17/h2-5,17H,11H2,1H3,(H,13,16). The van der Waals surface area contributed by atoms with Crippen LogP contribution < -0.4 is 16.0 Å². The van der Waals surface area contributed by atoms with Gasteiger partial charge in [-0.15, -0.1) is 5.10 Å². The van der Waals surface area contributed by atoms with Crippen molar-refractivity contribution in [2.45, 2.75) is 0 Å². The van der Waals surface area contributed by atoms with Gasteiger partial charge in [0.25, 0.3) is 5.91 Å². The molecule has 0 atom stereocenters. The zero-order valence-electron chi connectivity index (χ0n) is 9.49. The summed E-state index contributed by atoms with van der Waals surface area (Å²) in [6.07, 6.45) is 0. The summed E-state index contributed by atoms with van der Waals surface area (Å²) in [6, 6.07) is 6.87. The van der Waals surface area contributed by atoms with Crippen molar-refractivity contribution in [3.63, 3.8) is 0 Å². The Kier molecular flexibility index (Phi) is 3.11. The molecular formula is C10H11N5O3. The average Bonchev–Trinajstić information content (AvgIpc) is 2.80. The number of benzene rings is 1. The van der Waals surface area contributed by atoms with Crippen LogP contribution in [0.1, 0.15) is 10.5 Å². The average molecular weight is 249 g/mol. The number of nitrogens with two attached hydrogens (primary N) is 1. The number of nitrogens with zero attached hydrogens (tertiary/aromatic N) is 3. The van der Waals surface area contributed by atoms with Crippen molar-refractivity contribution in [2.75, 3.05) is 12.8 Å². The van der Waals surface area contributed by atoms with Crippen molar-refractivity contribution >= 4 is 11.7 Å². The topological polar surface area (TPSA) is 115 Å². The Labute approximate surface area is 102 Å². The van der Waals surface area contributed by atoms with E-state index >= 15 is 0 Å². The molecule has 8 heteroatoms. The molecule has 0 aliphatic heterocycles. The summed E-state index contributed by atoms with van der Waals surface area (Å²) in [7, 11) is 1.56. The minimum Gasteiger partial charge on any atom is -0.497 e. The molecule has 1 aromatic carbocycles. The van der Waals surface area contributed by atoms with Gasteiger partial charge in [0.1, 0.15) is 5.75 Å². The summed E-state index contributed by atoms with van der Waals surface area (Å²) in [5, 5.41) is 15.8. The lowest BCUT2D eigenvalue weighted by Crippen LogP contribution is -2.20. The molecule has 0 bridgehead atoms. The van der Waals surface area contributed by atoms with Crippen LogP contribution in [0.2, 0.25) is 0 Å². The van der Waals surface area contributed by atoms with Gasteiger partial charge in [-0.25, -0.2) is 5.48 Å². The zero-order chi connectivity index (χ0) is 13.1. The van der Waals surface area contributed by atoms with Gasteiger partial charge in [0.05, 0.1) is 12.8 Å². The van der Waals surface area contributed by atoms with Gasteiger partial charge in [0.15, 0.2) is 11.5 Å². The van der Waals surface area contributed by atoms with Gasteiger partial charge in [-0.1, -0.05) is 5.21 Å². The van der Waals surface area contributed by atoms with Crippen LogP contribution in [0.15, 0.2) is 24.3 Å². The van der Waals surface area contributed by atoms with Gasteiger partial charge in [-0.2, -0.15) is 4.68 Å². The molecule has 0 saturated carbocycles. The number of aromatic nitrogens is 3. The molecule has 0 spiro atoms. The lowest BCUT2D eigenvalue weighted by atomic mass is 10.3. The first-order valence-electron chi connectivity index (χ1n) is 4.97. The largest absolute Gasteiger partial charge is 0.497 e. The molecule has 0 aliphatic rings. The Morgan fingerprint density at radius 2 is 2.11 bits per heavy atom. The summed E-state index contributed by atoms with van der Waals surface area (Å²) >= 11 is 0. The summed E-state index contributed by atoms with van der Waals surface area (Å²) in [5.74, 6) is -0.0928. The predicted molar refractivity (Wildman–Crippen MR) is 61.6 cm³/mol. The number of carbonyl (C=O) groups excluding carboxylic acids is 1. The molecule has 8 nitrogen and oxygen atoms in total. The molecule has 0 saturated heterocycles. The molecule has 4 N–H and O–H groups in total. The number of nitrogens with one attached hydrogen (secondary N) is 1. The molecule has 0 fully saturated rings. The first-order valence-corrected chi connectivity index (χ1v) is 4.97. The van der Waals surface area contributed by atoms with Crippen LogP contribution in [0.25, 0.3) is 5.69 Å². The monoisotopic (exact) mass is 249 g/mol. The summed E-state index contributed by atoms with van der Waals surface area (Å²) in [4.78, 5) is 11.2. The molecular weight excluding hydrogens is 238 g/mol. The third-order valence-corrected chi connectivity index (χ3v) is 2.34. The molecule has 1 amide bonds. The number of amides is 1. The molecule has 0 aliphatic carbocycles. The number of nitrogen functional groups attached to an aromatic ring is 1. The Balaban J connectivity index is 2.39. The van der Waals surface area contributed by atoms with Gasteiger partial charge < -0.3 is 10.5 Å². The minimum absolute atomic E-state index is 0.0340. The number of hydrogen-bond acceptors (Lipinski definition) is 6. The van der Waals surface area contributed by atoms with E-state index in [0.29, 0.717) is 11.4 Å². The van der Waals surface area contributed by atoms with Crippen molar-refractivity contribution < 1.29 is 14.7 Å². The first-order chi connectivity index (χ1) is 8.67. The van der Waals surface area contributed by atoms with Crippen molar-refractivity contribution in [1.29, 1.82) is 0 Å². The number of rotatable bonds is 3. The number of carbonyl (C=O) groups is 1. The molecule has 0 unspecified atom stereocenters. The fraction of sp³-hybridized carbons (Fsp3) is 0.100. The smallest absolute Gasteiger partial charge is 0.299 e. The van der Waals surface area contributed by atoms with E-state index in [-0.39, 0.29) is 11.5 Å². The maximum Gasteiger partial charge on any atom is 0.299 e. The molecule has 1 aromatic heterocycles. The number of hydrogen-bond donors (Lipinski definition) is 3. The van der Waals surface area contributed by atoms with Crippen molar-refractivity contribution in [3.05, 3.63) is 30.0 Å². The van der Waals surface area contributed by atoms with Gasteiger partial charge in [-0.05, 0) is 24.3 Å². The van der Waals surface area contributed by atoms with Gasteiger partial charge in [0.2, 0.25) is 0 Å². The normalized spacial score (nSPS) is 10.1. The number of ether oxygens (including phenoxy) is 1. The lowest BCUT2D eigenvalue weighted by Gasteiger charge is -2.04. The number of hydroxylamine groups is 1. The Morgan fingerprint density at radius 3 is 2.67 bits per heavy atom. The second kappa shape index (κ2) is 4.72. The van der Waals surface area contributed by atoms with Gasteiger partial charge in [-0.3, -0.25) is 10.0 Å². The van der Waals surface area contributed by atoms with Crippen LogP contribution >= 0.6 is 0 Å². The van der Waals surface area contributed by atoms with E-state index < -0.39 is 5.91 Å². The highest BCUT2D eigenvalue weighted by molar-refractivity contribution is 5.95. The Bertz CT molecular complexity index is 563. The van der Waals surface area contributed by atoms with Crippen LogP contribution in [-0.2, 0) is 0 Å². The maximum absolute atomic E-state index is 11.2. The van der Waals surface area contributed by atoms with Crippen LogP contribution in [0.3, 0.4) is 0 Å². The Hall–Kier alpha value is -2.61. The Morgan fingerprint density at radius 1 is 1.44 bits per heavy atom. The predicted octanol–water partition coefficient (Wildman–Crippen LogP) is -0.0229. The highest BCUT2D eigenvalue weighted by Gasteiger charge is 2.17. The van der Waals surface area contributed by atoms with Gasteiger partial charge in [0, 0.05) is 0 Å². The molecule has 0 radical (unpaired) electrons. The fourth-order valence-corrected chi connectivity index (χ4v) is 1.42. The van der Waals surface area contributed by atoms with E-state index in [2.05, 4.69) is 10.3 Å². The van der Waals surface area contributed by atoms with E-state index in [1.807, 2.05) is 0 Å². The quantitative estimate of drug-likeness (QED) is 0.520. The minimum atomic E-state index is -0.813. The zero-order valence-corrected chi connectivity index (χ0v) is 9.49. The van der Waals surface area contributed by atoms with E-state index in [4.69, 9.17) is 15.7 Å². The van der Waals surface area contributed by atoms with Crippen LogP contribution in [-0.4, -0.2) is 33.2 Å². The summed E-state index contributed by atoms with van der Waals surface area (Å²) in [6.45, 7) is 0. The summed E-state index contributed by atoms with van der Waals surface area (Å²) < 4.78 is 6.30. The van der Waals surface area contributed by atoms with Crippen molar-refractivity contribution in [2.24, 2.45) is 0 Å². The SMILES string of the molecule is COc1ccc(-n2nnc(C(=O)NO)c2N)cc1. The molecule has 2 aromatic rings. The van der Waals surface area contributed by atoms with Crippen molar-refractivity contribution in [3.8, 4) is 11.4 Å². The fourth-order valence-electron chi connectivity index (χ4n) is 1.42. The number of anilines is 1.